The van der Waals surface area contributed by atoms with E-state index in [9.17, 15) is 4.79 Å². The molecule has 28 heavy (non-hydrogen) atoms. The summed E-state index contributed by atoms with van der Waals surface area (Å²) in [5.74, 6) is 0.770. The molecule has 3 rings (SSSR count). The minimum absolute atomic E-state index is 0.128. The Morgan fingerprint density at radius 2 is 1.64 bits per heavy atom. The fraction of sp³-hybridized carbons (Fsp3) is 0.429. The summed E-state index contributed by atoms with van der Waals surface area (Å²) in [5.41, 5.74) is 2.82. The zero-order valence-electron chi connectivity index (χ0n) is 16.4. The highest BCUT2D eigenvalue weighted by Crippen LogP contribution is 2.25. The maximum Gasteiger partial charge on any atom is 0.251 e. The summed E-state index contributed by atoms with van der Waals surface area (Å²) >= 11 is 12.0. The lowest BCUT2D eigenvalue weighted by atomic mass is 9.91. The second kappa shape index (κ2) is 9.01. The molecule has 0 radical (unpaired) electrons. The van der Waals surface area contributed by atoms with Crippen LogP contribution < -0.4 is 15.5 Å². The first kappa shape index (κ1) is 20.7. The van der Waals surface area contributed by atoms with Crippen molar-refractivity contribution in [1.29, 1.82) is 0 Å². The number of hydrogen-bond acceptors (Lipinski definition) is 4. The Hall–Kier alpha value is -1.98. The topological polar surface area (TPSA) is 57.3 Å². The third-order valence-electron chi connectivity index (χ3n) is 5.10. The van der Waals surface area contributed by atoms with Crippen LogP contribution in [0.1, 0.15) is 41.6 Å². The lowest BCUT2D eigenvalue weighted by Crippen LogP contribution is -2.40. The third-order valence-corrected chi connectivity index (χ3v) is 5.53. The lowest BCUT2D eigenvalue weighted by molar-refractivity contribution is 0.0926. The van der Waals surface area contributed by atoms with E-state index in [1.807, 2.05) is 20.3 Å². The number of nitrogens with zero attached hydrogens (tertiary/aromatic N) is 2. The van der Waals surface area contributed by atoms with E-state index in [4.69, 9.17) is 23.2 Å². The third kappa shape index (κ3) is 5.30. The van der Waals surface area contributed by atoms with Gasteiger partial charge >= 0.3 is 0 Å². The number of anilines is 2. The van der Waals surface area contributed by atoms with Crippen LogP contribution in [-0.4, -0.2) is 37.1 Å². The van der Waals surface area contributed by atoms with E-state index in [1.54, 1.807) is 18.2 Å². The molecule has 1 aliphatic carbocycles. The van der Waals surface area contributed by atoms with Crippen LogP contribution in [0.4, 0.5) is 11.5 Å². The molecule has 0 bridgehead atoms. The number of rotatable bonds is 5. The molecule has 2 N–H and O–H groups in total. The second-order valence-electron chi connectivity index (χ2n) is 7.57. The van der Waals surface area contributed by atoms with Gasteiger partial charge in [-0.3, -0.25) is 4.79 Å². The monoisotopic (exact) mass is 420 g/mol. The zero-order chi connectivity index (χ0) is 20.3. The Morgan fingerprint density at radius 3 is 2.25 bits per heavy atom. The summed E-state index contributed by atoms with van der Waals surface area (Å²) in [6.07, 6.45) is 5.70. The number of carbonyl (C=O) groups is 1. The Labute approximate surface area is 176 Å². The van der Waals surface area contributed by atoms with Crippen LogP contribution in [-0.2, 0) is 0 Å². The van der Waals surface area contributed by atoms with E-state index in [2.05, 4.69) is 33.5 Å². The van der Waals surface area contributed by atoms with Crippen molar-refractivity contribution in [1.82, 2.24) is 10.3 Å². The van der Waals surface area contributed by atoms with Gasteiger partial charge in [0, 0.05) is 59.7 Å². The van der Waals surface area contributed by atoms with E-state index >= 15 is 0 Å². The van der Waals surface area contributed by atoms with Gasteiger partial charge in [0.1, 0.15) is 5.82 Å². The first-order valence-electron chi connectivity index (χ1n) is 9.49. The molecule has 0 atom stereocenters. The molecule has 1 fully saturated rings. The van der Waals surface area contributed by atoms with Gasteiger partial charge in [0.2, 0.25) is 0 Å². The van der Waals surface area contributed by atoms with Crippen molar-refractivity contribution in [2.75, 3.05) is 24.3 Å². The maximum atomic E-state index is 12.5. The highest BCUT2D eigenvalue weighted by molar-refractivity contribution is 6.35. The van der Waals surface area contributed by atoms with E-state index in [0.29, 0.717) is 21.7 Å². The molecule has 0 aliphatic heterocycles. The van der Waals surface area contributed by atoms with Gasteiger partial charge in [0.25, 0.3) is 5.91 Å². The maximum absolute atomic E-state index is 12.5. The SMILES string of the molecule is Cc1cnc(NC2CCC(NC(=O)c3cc(Cl)cc(Cl)c3)CC2)cc1N(C)C. The Morgan fingerprint density at radius 1 is 1.04 bits per heavy atom. The predicted molar refractivity (Wildman–Crippen MR) is 117 cm³/mol. The Balaban J connectivity index is 1.53. The number of nitrogens with one attached hydrogen (secondary N) is 2. The standard InChI is InChI=1S/C21H26Cl2N4O/c1-13-12-24-20(11-19(13)27(2)3)25-17-4-6-18(7-5-17)26-21(28)14-8-15(22)10-16(23)9-14/h8-12,17-18H,4-7H2,1-3H3,(H,24,25)(H,26,28). The van der Waals surface area contributed by atoms with Crippen molar-refractivity contribution in [3.8, 4) is 0 Å². The van der Waals surface area contributed by atoms with Crippen molar-refractivity contribution < 1.29 is 4.79 Å². The number of halogens is 2. The van der Waals surface area contributed by atoms with Crippen molar-refractivity contribution in [3.05, 3.63) is 51.6 Å². The van der Waals surface area contributed by atoms with E-state index in [-0.39, 0.29) is 11.9 Å². The quantitative estimate of drug-likeness (QED) is 0.720. The molecule has 1 aromatic heterocycles. The van der Waals surface area contributed by atoms with Crippen LogP contribution in [0.15, 0.2) is 30.5 Å². The number of benzene rings is 1. The Kier molecular flexibility index (Phi) is 6.68. The number of aryl methyl sites for hydroxylation is 1. The molecule has 2 aromatic rings. The summed E-state index contributed by atoms with van der Waals surface area (Å²) in [5, 5.41) is 7.57. The summed E-state index contributed by atoms with van der Waals surface area (Å²) in [4.78, 5) is 19.1. The van der Waals surface area contributed by atoms with Crippen LogP contribution in [0.25, 0.3) is 0 Å². The van der Waals surface area contributed by atoms with Crippen LogP contribution >= 0.6 is 23.2 Å². The number of hydrogen-bond donors (Lipinski definition) is 2. The number of carbonyl (C=O) groups excluding carboxylic acids is 1. The van der Waals surface area contributed by atoms with Crippen LogP contribution in [0.5, 0.6) is 0 Å². The van der Waals surface area contributed by atoms with Crippen LogP contribution in [0, 0.1) is 6.92 Å². The molecule has 1 aliphatic rings. The molecule has 7 heteroatoms. The smallest absolute Gasteiger partial charge is 0.251 e. The van der Waals surface area contributed by atoms with Gasteiger partial charge in [-0.15, -0.1) is 0 Å². The average molecular weight is 421 g/mol. The number of aromatic nitrogens is 1. The van der Waals surface area contributed by atoms with Gasteiger partial charge < -0.3 is 15.5 Å². The normalized spacial score (nSPS) is 19.2. The molecular formula is C21H26Cl2N4O. The molecule has 1 saturated carbocycles. The van der Waals surface area contributed by atoms with E-state index in [0.717, 1.165) is 37.1 Å². The zero-order valence-corrected chi connectivity index (χ0v) is 17.9. The highest BCUT2D eigenvalue weighted by Gasteiger charge is 2.23. The first-order valence-corrected chi connectivity index (χ1v) is 10.2. The molecule has 5 nitrogen and oxygen atoms in total. The largest absolute Gasteiger partial charge is 0.377 e. The summed E-state index contributed by atoms with van der Waals surface area (Å²) in [7, 11) is 4.07. The first-order chi connectivity index (χ1) is 13.3. The molecule has 1 amide bonds. The highest BCUT2D eigenvalue weighted by atomic mass is 35.5. The molecule has 0 spiro atoms. The predicted octanol–water partition coefficient (Wildman–Crippen LogP) is 4.92. The average Bonchev–Trinajstić information content (AvgIpc) is 2.64. The molecule has 1 aromatic carbocycles. The molecule has 0 saturated heterocycles. The van der Waals surface area contributed by atoms with Gasteiger partial charge in [-0.05, 0) is 56.4 Å². The van der Waals surface area contributed by atoms with Crippen molar-refractivity contribution in [3.63, 3.8) is 0 Å². The molecule has 1 heterocycles. The number of pyridine rings is 1. The molecule has 150 valence electrons. The molecule has 0 unspecified atom stereocenters. The summed E-state index contributed by atoms with van der Waals surface area (Å²) < 4.78 is 0. The fourth-order valence-electron chi connectivity index (χ4n) is 3.62. The minimum atomic E-state index is -0.128. The fourth-order valence-corrected chi connectivity index (χ4v) is 4.14. The number of amides is 1. The van der Waals surface area contributed by atoms with Crippen LogP contribution in [0.2, 0.25) is 10.0 Å². The van der Waals surface area contributed by atoms with Crippen molar-refractivity contribution in [2.45, 2.75) is 44.7 Å². The van der Waals surface area contributed by atoms with Crippen molar-refractivity contribution in [2.24, 2.45) is 0 Å². The summed E-state index contributed by atoms with van der Waals surface area (Å²) in [6.45, 7) is 2.06. The van der Waals surface area contributed by atoms with Gasteiger partial charge in [0.05, 0.1) is 0 Å². The van der Waals surface area contributed by atoms with E-state index in [1.165, 1.54) is 5.69 Å². The summed E-state index contributed by atoms with van der Waals surface area (Å²) in [6, 6.07) is 7.51. The second-order valence-corrected chi connectivity index (χ2v) is 8.45. The van der Waals surface area contributed by atoms with Gasteiger partial charge in [-0.2, -0.15) is 0 Å². The lowest BCUT2D eigenvalue weighted by Gasteiger charge is -2.30. The minimum Gasteiger partial charge on any atom is -0.377 e. The van der Waals surface area contributed by atoms with E-state index < -0.39 is 0 Å². The van der Waals surface area contributed by atoms with Crippen molar-refractivity contribution >= 4 is 40.6 Å². The Bertz CT molecular complexity index is 828. The van der Waals surface area contributed by atoms with Gasteiger partial charge in [-0.1, -0.05) is 23.2 Å². The molecular weight excluding hydrogens is 395 g/mol. The van der Waals surface area contributed by atoms with Gasteiger partial charge in [-0.25, -0.2) is 4.98 Å². The van der Waals surface area contributed by atoms with Gasteiger partial charge in [0.15, 0.2) is 0 Å². The van der Waals surface area contributed by atoms with Crippen LogP contribution in [0.3, 0.4) is 0 Å².